The first kappa shape index (κ1) is 17.7. The number of hydrogen-bond acceptors (Lipinski definition) is 4. The van der Waals surface area contributed by atoms with Gasteiger partial charge >= 0.3 is 12.0 Å². The Hall–Kier alpha value is -1.34. The van der Waals surface area contributed by atoms with E-state index in [-0.39, 0.29) is 12.6 Å². The molecule has 19 heavy (non-hydrogen) atoms. The number of carbonyl (C=O) groups excluding carboxylic acids is 1. The number of carbonyl (C=O) groups is 2. The van der Waals surface area contributed by atoms with Crippen LogP contribution in [0.5, 0.6) is 0 Å². The molecule has 0 saturated heterocycles. The van der Waals surface area contributed by atoms with Crippen LogP contribution < -0.4 is 10.6 Å². The normalized spacial score (nSPS) is 14.6. The molecule has 7 nitrogen and oxygen atoms in total. The van der Waals surface area contributed by atoms with Crippen LogP contribution in [0.2, 0.25) is 0 Å². The molecule has 1 unspecified atom stereocenters. The van der Waals surface area contributed by atoms with Crippen LogP contribution in [0.3, 0.4) is 0 Å². The van der Waals surface area contributed by atoms with Gasteiger partial charge in [-0.25, -0.2) is 9.59 Å². The summed E-state index contributed by atoms with van der Waals surface area (Å²) in [4.78, 5) is 22.7. The molecular formula is C12H24N2O5. The highest BCUT2D eigenvalue weighted by molar-refractivity contribution is 5.83. The minimum absolute atomic E-state index is 0.243. The minimum atomic E-state index is -1.07. The summed E-state index contributed by atoms with van der Waals surface area (Å²) in [5.41, 5.74) is -0.573. The second kappa shape index (κ2) is 7.96. The number of ether oxygens (including phenoxy) is 2. The maximum Gasteiger partial charge on any atom is 0.326 e. The maximum atomic E-state index is 11.6. The summed E-state index contributed by atoms with van der Waals surface area (Å²) in [6.45, 7) is 5.82. The third-order valence-corrected chi connectivity index (χ3v) is 2.56. The molecule has 0 aliphatic rings. The van der Waals surface area contributed by atoms with Gasteiger partial charge in [-0.1, -0.05) is 20.8 Å². The minimum Gasteiger partial charge on any atom is -0.480 e. The molecule has 0 aromatic rings. The maximum absolute atomic E-state index is 11.6. The van der Waals surface area contributed by atoms with Crippen LogP contribution in [0.15, 0.2) is 0 Å². The highest BCUT2D eigenvalue weighted by Gasteiger charge is 2.32. The lowest BCUT2D eigenvalue weighted by Gasteiger charge is -2.28. The second-order valence-corrected chi connectivity index (χ2v) is 5.30. The molecule has 0 saturated carbocycles. The van der Waals surface area contributed by atoms with E-state index in [9.17, 15) is 9.59 Å². The first-order valence-corrected chi connectivity index (χ1v) is 6.01. The number of carboxylic acid groups (broad SMARTS) is 1. The number of methoxy groups -OCH3 is 2. The molecule has 0 aliphatic carbocycles. The molecule has 0 fully saturated rings. The van der Waals surface area contributed by atoms with Crippen molar-refractivity contribution >= 4 is 12.0 Å². The van der Waals surface area contributed by atoms with Gasteiger partial charge in [0.1, 0.15) is 6.04 Å². The van der Waals surface area contributed by atoms with Gasteiger partial charge in [-0.05, 0) is 5.41 Å². The lowest BCUT2D eigenvalue weighted by molar-refractivity contribution is -0.141. The molecule has 112 valence electrons. The Morgan fingerprint density at radius 1 is 1.26 bits per heavy atom. The predicted molar refractivity (Wildman–Crippen MR) is 70.1 cm³/mol. The molecule has 0 spiro atoms. The topological polar surface area (TPSA) is 96.9 Å². The lowest BCUT2D eigenvalue weighted by atomic mass is 9.87. The monoisotopic (exact) mass is 276 g/mol. The fourth-order valence-corrected chi connectivity index (χ4v) is 1.43. The van der Waals surface area contributed by atoms with Gasteiger partial charge in [0.2, 0.25) is 0 Å². The molecule has 3 N–H and O–H groups in total. The predicted octanol–water partition coefficient (Wildman–Crippen LogP) is 0.446. The van der Waals surface area contributed by atoms with Crippen LogP contribution in [-0.4, -0.2) is 56.6 Å². The molecule has 7 heteroatoms. The highest BCUT2D eigenvalue weighted by atomic mass is 16.5. The van der Waals surface area contributed by atoms with Gasteiger partial charge in [-0.15, -0.1) is 0 Å². The van der Waals surface area contributed by atoms with E-state index in [1.165, 1.54) is 14.2 Å². The zero-order chi connectivity index (χ0) is 15.1. The molecule has 2 amide bonds. The third-order valence-electron chi connectivity index (χ3n) is 2.56. The van der Waals surface area contributed by atoms with E-state index in [2.05, 4.69) is 10.6 Å². The molecule has 0 aliphatic heterocycles. The average molecular weight is 276 g/mol. The zero-order valence-electron chi connectivity index (χ0n) is 12.1. The van der Waals surface area contributed by atoms with E-state index >= 15 is 0 Å². The van der Waals surface area contributed by atoms with Gasteiger partial charge in [0.05, 0.1) is 12.7 Å². The van der Waals surface area contributed by atoms with Gasteiger partial charge < -0.3 is 25.2 Å². The Balaban J connectivity index is 4.32. The first-order chi connectivity index (χ1) is 8.72. The Bertz CT molecular complexity index is 301. The summed E-state index contributed by atoms with van der Waals surface area (Å²) in [7, 11) is 3.05. The summed E-state index contributed by atoms with van der Waals surface area (Å²) in [6.07, 6.45) is -0.270. The zero-order valence-corrected chi connectivity index (χ0v) is 12.1. The molecule has 2 atom stereocenters. The number of rotatable bonds is 7. The number of aliphatic carboxylic acids is 1. The van der Waals surface area contributed by atoms with Gasteiger partial charge in [-0.2, -0.15) is 0 Å². The standard InChI is InChI=1S/C12H24N2O5/c1-12(2,3)9(10(15)16)14-11(17)13-6-8(19-5)7-18-4/h8-9H,6-7H2,1-5H3,(H,15,16)(H2,13,14,17)/t8?,9-/m1/s1. The number of carboxylic acids is 1. The van der Waals surface area contributed by atoms with Crippen molar-refractivity contribution in [3.63, 3.8) is 0 Å². The van der Waals surface area contributed by atoms with E-state index in [0.717, 1.165) is 0 Å². The van der Waals surface area contributed by atoms with E-state index in [1.807, 2.05) is 0 Å². The van der Waals surface area contributed by atoms with Gasteiger partial charge in [0.15, 0.2) is 0 Å². The fraction of sp³-hybridized carbons (Fsp3) is 0.833. The van der Waals surface area contributed by atoms with Crippen LogP contribution in [0, 0.1) is 5.41 Å². The van der Waals surface area contributed by atoms with Crippen molar-refractivity contribution in [2.45, 2.75) is 32.9 Å². The lowest BCUT2D eigenvalue weighted by Crippen LogP contribution is -2.53. The molecule has 0 radical (unpaired) electrons. The van der Waals surface area contributed by atoms with Gasteiger partial charge in [0.25, 0.3) is 0 Å². The van der Waals surface area contributed by atoms with E-state index in [1.54, 1.807) is 20.8 Å². The number of amides is 2. The van der Waals surface area contributed by atoms with Crippen molar-refractivity contribution in [2.75, 3.05) is 27.4 Å². The number of hydrogen-bond donors (Lipinski definition) is 3. The molecule has 0 rings (SSSR count). The molecular weight excluding hydrogens is 252 g/mol. The summed E-state index contributed by atoms with van der Waals surface area (Å²) in [6, 6.07) is -1.50. The van der Waals surface area contributed by atoms with Crippen LogP contribution in [-0.2, 0) is 14.3 Å². The molecule has 0 bridgehead atoms. The SMILES string of the molecule is COCC(CNC(=O)N[C@H](C(=O)O)C(C)(C)C)OC. The van der Waals surface area contributed by atoms with Crippen molar-refractivity contribution in [3.8, 4) is 0 Å². The average Bonchev–Trinajstić information content (AvgIpc) is 2.29. The number of urea groups is 1. The van der Waals surface area contributed by atoms with Crippen molar-refractivity contribution in [2.24, 2.45) is 5.41 Å². The Morgan fingerprint density at radius 2 is 1.84 bits per heavy atom. The van der Waals surface area contributed by atoms with Crippen molar-refractivity contribution < 1.29 is 24.2 Å². The van der Waals surface area contributed by atoms with Crippen molar-refractivity contribution in [1.29, 1.82) is 0 Å². The number of nitrogens with one attached hydrogen (secondary N) is 2. The smallest absolute Gasteiger partial charge is 0.326 e. The quantitative estimate of drug-likeness (QED) is 0.627. The second-order valence-electron chi connectivity index (χ2n) is 5.30. The van der Waals surface area contributed by atoms with Gasteiger partial charge in [0, 0.05) is 20.8 Å². The summed E-state index contributed by atoms with van der Waals surface area (Å²) < 4.78 is 9.99. The Kier molecular flexibility index (Phi) is 7.40. The fourth-order valence-electron chi connectivity index (χ4n) is 1.43. The molecule has 0 aromatic heterocycles. The summed E-state index contributed by atoms with van der Waals surface area (Å²) in [5, 5.41) is 14.1. The highest BCUT2D eigenvalue weighted by Crippen LogP contribution is 2.19. The van der Waals surface area contributed by atoms with Crippen LogP contribution in [0.25, 0.3) is 0 Å². The van der Waals surface area contributed by atoms with Crippen LogP contribution in [0.1, 0.15) is 20.8 Å². The Labute approximate surface area is 113 Å². The Morgan fingerprint density at radius 3 is 2.21 bits per heavy atom. The van der Waals surface area contributed by atoms with Crippen molar-refractivity contribution in [3.05, 3.63) is 0 Å². The third kappa shape index (κ3) is 6.97. The molecule has 0 aromatic carbocycles. The molecule has 0 heterocycles. The largest absolute Gasteiger partial charge is 0.480 e. The van der Waals surface area contributed by atoms with E-state index in [0.29, 0.717) is 6.61 Å². The van der Waals surface area contributed by atoms with E-state index < -0.39 is 23.5 Å². The summed E-state index contributed by atoms with van der Waals surface area (Å²) in [5.74, 6) is -1.07. The van der Waals surface area contributed by atoms with E-state index in [4.69, 9.17) is 14.6 Å². The first-order valence-electron chi connectivity index (χ1n) is 6.01. The van der Waals surface area contributed by atoms with Gasteiger partial charge in [-0.3, -0.25) is 0 Å². The van der Waals surface area contributed by atoms with Crippen LogP contribution >= 0.6 is 0 Å². The summed E-state index contributed by atoms with van der Waals surface area (Å²) >= 11 is 0. The van der Waals surface area contributed by atoms with Crippen LogP contribution in [0.4, 0.5) is 4.79 Å². The van der Waals surface area contributed by atoms with Crippen molar-refractivity contribution in [1.82, 2.24) is 10.6 Å².